The Labute approximate surface area is 211 Å². The number of nitrogens with zero attached hydrogens (tertiary/aromatic N) is 6. The van der Waals surface area contributed by atoms with Crippen LogP contribution < -0.4 is 4.90 Å². The Morgan fingerprint density at radius 1 is 1.11 bits per heavy atom. The molecule has 0 N–H and O–H groups in total. The average molecular weight is 546 g/mol. The lowest BCUT2D eigenvalue weighted by molar-refractivity contribution is -0.287. The average Bonchev–Trinajstić information content (AvgIpc) is 3.56. The number of piperidine rings is 1. The van der Waals surface area contributed by atoms with Gasteiger partial charge in [-0.15, -0.1) is 10.2 Å². The largest absolute Gasteiger partial charge is 0.454 e. The highest BCUT2D eigenvalue weighted by molar-refractivity contribution is 6.10. The second kappa shape index (κ2) is 9.36. The van der Waals surface area contributed by atoms with E-state index in [0.717, 1.165) is 4.90 Å². The molecule has 0 atom stereocenters. The van der Waals surface area contributed by atoms with E-state index in [0.29, 0.717) is 40.9 Å². The van der Waals surface area contributed by atoms with Crippen molar-refractivity contribution in [3.05, 3.63) is 47.0 Å². The number of anilines is 1. The maximum Gasteiger partial charge on any atom is 0.454 e. The van der Waals surface area contributed by atoms with Crippen molar-refractivity contribution < 1.29 is 39.9 Å². The van der Waals surface area contributed by atoms with Gasteiger partial charge in [0, 0.05) is 29.9 Å². The molecule has 0 spiro atoms. The first-order valence-electron chi connectivity index (χ1n) is 11.6. The molecule has 0 aliphatic carbocycles. The zero-order chi connectivity index (χ0) is 27.4. The smallest absolute Gasteiger partial charge is 0.415 e. The van der Waals surface area contributed by atoms with Gasteiger partial charge in [0.15, 0.2) is 5.82 Å². The molecule has 15 heteroatoms. The van der Waals surface area contributed by atoms with Gasteiger partial charge in [-0.3, -0.25) is 19.3 Å². The summed E-state index contributed by atoms with van der Waals surface area (Å²) in [6.45, 7) is -1.15. The predicted octanol–water partition coefficient (Wildman–Crippen LogP) is 4.95. The van der Waals surface area contributed by atoms with Gasteiger partial charge in [0.25, 0.3) is 11.8 Å². The van der Waals surface area contributed by atoms with E-state index in [1.165, 1.54) is 15.6 Å². The van der Waals surface area contributed by atoms with Crippen LogP contribution in [0.4, 0.5) is 36.6 Å². The number of aromatic nitrogens is 4. The van der Waals surface area contributed by atoms with Crippen molar-refractivity contribution in [1.29, 1.82) is 0 Å². The lowest BCUT2D eigenvalue weighted by Crippen LogP contribution is -2.48. The van der Waals surface area contributed by atoms with Gasteiger partial charge in [-0.2, -0.15) is 35.8 Å². The number of hydrogen-bond acceptors (Lipinski definition) is 6. The van der Waals surface area contributed by atoms with Crippen LogP contribution in [-0.2, 0) is 13.6 Å². The number of rotatable bonds is 6. The predicted molar refractivity (Wildman–Crippen MR) is 118 cm³/mol. The van der Waals surface area contributed by atoms with Crippen LogP contribution in [-0.4, -0.2) is 62.5 Å². The topological polar surface area (TPSA) is 80.3 Å². The molecule has 2 aliphatic rings. The molecule has 1 saturated heterocycles. The highest BCUT2D eigenvalue weighted by Crippen LogP contribution is 2.40. The highest BCUT2D eigenvalue weighted by Gasteiger charge is 2.58. The van der Waals surface area contributed by atoms with Crippen molar-refractivity contribution in [2.45, 2.75) is 43.8 Å². The standard InChI is InChI=1S/C23H21F7N6O2/c1-34-10-16(12-4-6-35(7-5-12)11-22(26,27)23(28,29)30)18(33-34)36-9-14-3-2-13(8-15(14)21(36)37)19-31-32-20(38-19)17(24)25/h2-3,8,10,12,17H,4-7,9,11H2,1H3. The van der Waals surface area contributed by atoms with Crippen molar-refractivity contribution in [2.75, 3.05) is 24.5 Å². The normalized spacial score (nSPS) is 17.6. The maximum absolute atomic E-state index is 13.5. The number of amides is 1. The fourth-order valence-corrected chi connectivity index (χ4v) is 4.81. The van der Waals surface area contributed by atoms with Crippen LogP contribution in [0, 0.1) is 0 Å². The summed E-state index contributed by atoms with van der Waals surface area (Å²) in [5, 5.41) is 11.3. The molecule has 38 heavy (non-hydrogen) atoms. The molecule has 0 saturated carbocycles. The molecular weight excluding hydrogens is 525 g/mol. The summed E-state index contributed by atoms with van der Waals surface area (Å²) >= 11 is 0. The Bertz CT molecular complexity index is 1340. The van der Waals surface area contributed by atoms with Crippen molar-refractivity contribution in [3.63, 3.8) is 0 Å². The van der Waals surface area contributed by atoms with Gasteiger partial charge in [0.2, 0.25) is 5.89 Å². The fourth-order valence-electron chi connectivity index (χ4n) is 4.81. The molecule has 5 rings (SSSR count). The van der Waals surface area contributed by atoms with Crippen LogP contribution in [0.1, 0.15) is 52.6 Å². The van der Waals surface area contributed by atoms with Crippen molar-refractivity contribution in [3.8, 4) is 11.5 Å². The van der Waals surface area contributed by atoms with E-state index >= 15 is 0 Å². The molecule has 4 heterocycles. The minimum atomic E-state index is -5.61. The van der Waals surface area contributed by atoms with E-state index in [1.807, 2.05) is 0 Å². The minimum Gasteiger partial charge on any atom is -0.415 e. The van der Waals surface area contributed by atoms with Crippen LogP contribution in [0.15, 0.2) is 28.8 Å². The van der Waals surface area contributed by atoms with E-state index < -0.39 is 36.9 Å². The van der Waals surface area contributed by atoms with E-state index in [4.69, 9.17) is 4.42 Å². The Kier molecular flexibility index (Phi) is 6.44. The first-order chi connectivity index (χ1) is 17.8. The number of benzene rings is 1. The highest BCUT2D eigenvalue weighted by atomic mass is 19.4. The Morgan fingerprint density at radius 3 is 2.45 bits per heavy atom. The monoisotopic (exact) mass is 546 g/mol. The summed E-state index contributed by atoms with van der Waals surface area (Å²) in [6, 6.07) is 4.70. The van der Waals surface area contributed by atoms with E-state index in [-0.39, 0.29) is 31.4 Å². The summed E-state index contributed by atoms with van der Waals surface area (Å²) in [6.07, 6.45) is -6.20. The third-order valence-electron chi connectivity index (χ3n) is 6.74. The third-order valence-corrected chi connectivity index (χ3v) is 6.74. The lowest BCUT2D eigenvalue weighted by Gasteiger charge is -2.34. The molecule has 8 nitrogen and oxygen atoms in total. The van der Waals surface area contributed by atoms with Crippen molar-refractivity contribution in [2.24, 2.45) is 7.05 Å². The lowest BCUT2D eigenvalue weighted by atomic mass is 9.90. The van der Waals surface area contributed by atoms with Gasteiger partial charge in [-0.25, -0.2) is 0 Å². The molecule has 0 radical (unpaired) electrons. The summed E-state index contributed by atoms with van der Waals surface area (Å²) in [5.74, 6) is -6.01. The second-order valence-corrected chi connectivity index (χ2v) is 9.34. The van der Waals surface area contributed by atoms with Crippen LogP contribution in [0.2, 0.25) is 0 Å². The number of carbonyl (C=O) groups excluding carboxylic acids is 1. The molecule has 1 amide bonds. The molecule has 204 valence electrons. The number of halogens is 7. The zero-order valence-corrected chi connectivity index (χ0v) is 19.9. The zero-order valence-electron chi connectivity index (χ0n) is 19.9. The Balaban J connectivity index is 1.32. The van der Waals surface area contributed by atoms with Crippen molar-refractivity contribution >= 4 is 11.7 Å². The summed E-state index contributed by atoms with van der Waals surface area (Å²) in [5.41, 5.74) is 1.95. The number of alkyl halides is 7. The molecule has 0 bridgehead atoms. The van der Waals surface area contributed by atoms with Gasteiger partial charge in [0.05, 0.1) is 13.1 Å². The molecule has 2 aliphatic heterocycles. The molecule has 1 fully saturated rings. The van der Waals surface area contributed by atoms with E-state index in [2.05, 4.69) is 15.3 Å². The number of hydrogen-bond donors (Lipinski definition) is 0. The number of fused-ring (bicyclic) bond motifs is 1. The van der Waals surface area contributed by atoms with E-state index in [1.54, 1.807) is 25.4 Å². The van der Waals surface area contributed by atoms with Crippen LogP contribution in [0.3, 0.4) is 0 Å². The molecular formula is C23H21F7N6O2. The third kappa shape index (κ3) is 4.74. The minimum absolute atomic E-state index is 0.0347. The molecule has 2 aromatic heterocycles. The summed E-state index contributed by atoms with van der Waals surface area (Å²) in [7, 11) is 1.66. The fraction of sp³-hybridized carbons (Fsp3) is 0.478. The first-order valence-corrected chi connectivity index (χ1v) is 11.6. The number of carbonyl (C=O) groups is 1. The van der Waals surface area contributed by atoms with Gasteiger partial charge in [0.1, 0.15) is 0 Å². The van der Waals surface area contributed by atoms with Crippen LogP contribution in [0.5, 0.6) is 0 Å². The quantitative estimate of drug-likeness (QED) is 0.408. The molecule has 1 aromatic carbocycles. The van der Waals surface area contributed by atoms with Gasteiger partial charge < -0.3 is 4.42 Å². The van der Waals surface area contributed by atoms with Gasteiger partial charge in [-0.1, -0.05) is 6.07 Å². The number of aryl methyl sites for hydroxylation is 1. The maximum atomic E-state index is 13.5. The van der Waals surface area contributed by atoms with Crippen molar-refractivity contribution in [1.82, 2.24) is 24.9 Å². The van der Waals surface area contributed by atoms with Crippen LogP contribution in [0.25, 0.3) is 11.5 Å². The molecule has 0 unspecified atom stereocenters. The number of likely N-dealkylation sites (tertiary alicyclic amines) is 1. The molecule has 3 aromatic rings. The summed E-state index contributed by atoms with van der Waals surface area (Å²) in [4.78, 5) is 15.9. The first kappa shape index (κ1) is 26.1. The van der Waals surface area contributed by atoms with E-state index in [9.17, 15) is 35.5 Å². The van der Waals surface area contributed by atoms with Gasteiger partial charge in [-0.05, 0) is 49.5 Å². The van der Waals surface area contributed by atoms with Crippen LogP contribution >= 0.6 is 0 Å². The SMILES string of the molecule is Cn1cc(C2CCN(CC(F)(F)C(F)(F)F)CC2)c(N2Cc3ccc(-c4nnc(C(F)F)o4)cc3C2=O)n1. The summed E-state index contributed by atoms with van der Waals surface area (Å²) < 4.78 is 96.8. The Morgan fingerprint density at radius 2 is 1.82 bits per heavy atom. The van der Waals surface area contributed by atoms with Gasteiger partial charge >= 0.3 is 18.5 Å². The Hall–Kier alpha value is -3.49. The second-order valence-electron chi connectivity index (χ2n) is 9.34.